The van der Waals surface area contributed by atoms with Crippen LogP contribution in [0.4, 0.5) is 0 Å². The Bertz CT molecular complexity index is 981. The van der Waals surface area contributed by atoms with Crippen LogP contribution in [-0.2, 0) is 19.1 Å². The summed E-state index contributed by atoms with van der Waals surface area (Å²) >= 11 is 0. The number of carbonyl (C=O) groups is 2. The lowest BCUT2D eigenvalue weighted by Crippen LogP contribution is -2.28. The van der Waals surface area contributed by atoms with Crippen LogP contribution >= 0.6 is 0 Å². The largest absolute Gasteiger partial charge is 0.462 e. The summed E-state index contributed by atoms with van der Waals surface area (Å²) in [6.45, 7) is 3.98. The minimum absolute atomic E-state index is 0.0926. The molecule has 5 nitrogen and oxygen atoms in total. The summed E-state index contributed by atoms with van der Waals surface area (Å²) in [7, 11) is 0. The Morgan fingerprint density at radius 2 is 0.729 bits per heavy atom. The summed E-state index contributed by atoms with van der Waals surface area (Å²) in [6, 6.07) is 0. The zero-order valence-electron chi connectivity index (χ0n) is 39.3. The molecule has 0 bridgehead atoms. The second kappa shape index (κ2) is 50.2. The number of hydrogen-bond donors (Lipinski definition) is 1. The van der Waals surface area contributed by atoms with Crippen LogP contribution in [-0.4, -0.2) is 36.4 Å². The van der Waals surface area contributed by atoms with Crippen LogP contribution in [0.3, 0.4) is 0 Å². The minimum atomic E-state index is -0.808. The monoisotopic (exact) mass is 827 g/mol. The van der Waals surface area contributed by atoms with Crippen LogP contribution < -0.4 is 0 Å². The summed E-state index contributed by atoms with van der Waals surface area (Å²) < 4.78 is 10.6. The molecule has 0 saturated heterocycles. The van der Waals surface area contributed by atoms with E-state index in [1.54, 1.807) is 0 Å². The van der Waals surface area contributed by atoms with Crippen LogP contribution in [0.2, 0.25) is 0 Å². The highest BCUT2D eigenvalue weighted by Crippen LogP contribution is 2.17. The molecule has 59 heavy (non-hydrogen) atoms. The predicted octanol–water partition coefficient (Wildman–Crippen LogP) is 16.9. The molecule has 0 aliphatic rings. The highest BCUT2D eigenvalue weighted by molar-refractivity contribution is 5.70. The maximum atomic E-state index is 12.2. The number of hydrogen-bond acceptors (Lipinski definition) is 5. The van der Waals surface area contributed by atoms with Crippen molar-refractivity contribution in [2.24, 2.45) is 0 Å². The summed E-state index contributed by atoms with van der Waals surface area (Å²) in [5, 5.41) is 9.57. The molecule has 0 aromatic rings. The minimum Gasteiger partial charge on any atom is -0.462 e. The third kappa shape index (κ3) is 48.4. The van der Waals surface area contributed by atoms with E-state index in [0.29, 0.717) is 12.8 Å². The first-order chi connectivity index (χ1) is 29.1. The van der Waals surface area contributed by atoms with Gasteiger partial charge in [-0.05, 0) is 38.5 Å². The number of ether oxygens (including phenoxy) is 2. The molecule has 0 spiro atoms. The number of aliphatic hydroxyl groups excluding tert-OH is 1. The third-order valence-corrected chi connectivity index (χ3v) is 11.4. The van der Waals surface area contributed by atoms with Gasteiger partial charge in [0, 0.05) is 12.8 Å². The van der Waals surface area contributed by atoms with Gasteiger partial charge in [0.15, 0.2) is 6.10 Å². The predicted molar refractivity (Wildman–Crippen MR) is 256 cm³/mol. The van der Waals surface area contributed by atoms with Crippen LogP contribution in [0.5, 0.6) is 0 Å². The molecular formula is C54H98O5. The molecule has 0 saturated carbocycles. The molecule has 1 unspecified atom stereocenters. The van der Waals surface area contributed by atoms with Gasteiger partial charge >= 0.3 is 11.9 Å². The summed E-state index contributed by atoms with van der Waals surface area (Å²) in [5.74, 6) is -0.677. The second-order valence-electron chi connectivity index (χ2n) is 17.2. The average molecular weight is 827 g/mol. The molecule has 344 valence electrons. The van der Waals surface area contributed by atoms with Crippen LogP contribution in [0.1, 0.15) is 264 Å². The zero-order valence-corrected chi connectivity index (χ0v) is 39.3. The van der Waals surface area contributed by atoms with Gasteiger partial charge in [0.05, 0.1) is 6.61 Å². The van der Waals surface area contributed by atoms with Gasteiger partial charge in [-0.2, -0.15) is 0 Å². The lowest BCUT2D eigenvalue weighted by Gasteiger charge is -2.15. The van der Waals surface area contributed by atoms with Crippen molar-refractivity contribution >= 4 is 11.9 Å². The zero-order chi connectivity index (χ0) is 42.8. The molecule has 0 heterocycles. The van der Waals surface area contributed by atoms with Crippen LogP contribution in [0.15, 0.2) is 48.6 Å². The van der Waals surface area contributed by atoms with Gasteiger partial charge in [0.1, 0.15) is 6.61 Å². The SMILES string of the molecule is CC/C=C\C/C=C\C/C=C\C/C=C\CCC(=O)OC(CO)COC(=O)CCCCCCCCCCCCCCCCCCCCCCCCCCCCCCCCCC. The van der Waals surface area contributed by atoms with E-state index in [2.05, 4.69) is 50.3 Å². The number of esters is 2. The maximum Gasteiger partial charge on any atom is 0.306 e. The van der Waals surface area contributed by atoms with Crippen molar-refractivity contribution in [1.29, 1.82) is 0 Å². The standard InChI is InChI=1S/C54H98O5/c1-3-5-7-9-11-13-15-17-18-19-20-21-22-23-24-25-26-27-28-29-30-31-32-33-34-35-37-38-40-42-44-46-48-53(56)58-51-52(50-55)59-54(57)49-47-45-43-41-39-36-16-14-12-10-8-6-4-2/h6,8,12,14,36,39,43,45,52,55H,3-5,7,9-11,13,15-35,37-38,40-42,44,46-51H2,1-2H3/b8-6-,14-12-,39-36-,45-43-. The smallest absolute Gasteiger partial charge is 0.306 e. The van der Waals surface area contributed by atoms with E-state index < -0.39 is 6.10 Å². The lowest BCUT2D eigenvalue weighted by atomic mass is 10.0. The Labute approximate surface area is 367 Å². The Morgan fingerprint density at radius 3 is 1.07 bits per heavy atom. The fourth-order valence-corrected chi connectivity index (χ4v) is 7.57. The molecule has 0 radical (unpaired) electrons. The van der Waals surface area contributed by atoms with Crippen molar-refractivity contribution in [3.05, 3.63) is 48.6 Å². The molecule has 0 aliphatic carbocycles. The van der Waals surface area contributed by atoms with E-state index in [4.69, 9.17) is 9.47 Å². The van der Waals surface area contributed by atoms with E-state index >= 15 is 0 Å². The molecule has 0 fully saturated rings. The third-order valence-electron chi connectivity index (χ3n) is 11.4. The molecule has 0 aliphatic heterocycles. The Hall–Kier alpha value is -2.14. The Kier molecular flexibility index (Phi) is 48.4. The van der Waals surface area contributed by atoms with Crippen LogP contribution in [0.25, 0.3) is 0 Å². The molecular weight excluding hydrogens is 729 g/mol. The first-order valence-corrected chi connectivity index (χ1v) is 25.7. The summed E-state index contributed by atoms with van der Waals surface area (Å²) in [5.41, 5.74) is 0. The van der Waals surface area contributed by atoms with E-state index in [1.165, 1.54) is 186 Å². The van der Waals surface area contributed by atoms with Crippen molar-refractivity contribution in [2.75, 3.05) is 13.2 Å². The van der Waals surface area contributed by atoms with Crippen molar-refractivity contribution in [2.45, 2.75) is 270 Å². The van der Waals surface area contributed by atoms with Crippen molar-refractivity contribution in [1.82, 2.24) is 0 Å². The molecule has 0 aromatic heterocycles. The number of unbranched alkanes of at least 4 members (excludes halogenated alkanes) is 31. The number of carbonyl (C=O) groups excluding carboxylic acids is 2. The van der Waals surface area contributed by atoms with Gasteiger partial charge in [0.2, 0.25) is 0 Å². The van der Waals surface area contributed by atoms with E-state index in [9.17, 15) is 14.7 Å². The van der Waals surface area contributed by atoms with Crippen molar-refractivity contribution in [3.63, 3.8) is 0 Å². The van der Waals surface area contributed by atoms with Gasteiger partial charge in [-0.15, -0.1) is 0 Å². The highest BCUT2D eigenvalue weighted by atomic mass is 16.6. The van der Waals surface area contributed by atoms with Gasteiger partial charge in [0.25, 0.3) is 0 Å². The number of allylic oxidation sites excluding steroid dienone is 8. The molecule has 0 rings (SSSR count). The summed E-state index contributed by atoms with van der Waals surface area (Å²) in [4.78, 5) is 24.3. The Morgan fingerprint density at radius 1 is 0.407 bits per heavy atom. The van der Waals surface area contributed by atoms with Crippen LogP contribution in [0, 0.1) is 0 Å². The lowest BCUT2D eigenvalue weighted by molar-refractivity contribution is -0.161. The molecule has 5 heteroatoms. The average Bonchev–Trinajstić information content (AvgIpc) is 3.24. The molecule has 1 N–H and O–H groups in total. The number of aliphatic hydroxyl groups is 1. The van der Waals surface area contributed by atoms with E-state index in [-0.39, 0.29) is 31.6 Å². The van der Waals surface area contributed by atoms with Crippen molar-refractivity contribution in [3.8, 4) is 0 Å². The fraction of sp³-hybridized carbons (Fsp3) is 0.815. The van der Waals surface area contributed by atoms with Gasteiger partial charge < -0.3 is 14.6 Å². The normalized spacial score (nSPS) is 12.5. The van der Waals surface area contributed by atoms with Crippen molar-refractivity contribution < 1.29 is 24.2 Å². The first-order valence-electron chi connectivity index (χ1n) is 25.7. The Balaban J connectivity index is 3.42. The topological polar surface area (TPSA) is 72.8 Å². The highest BCUT2D eigenvalue weighted by Gasteiger charge is 2.15. The van der Waals surface area contributed by atoms with Gasteiger partial charge in [-0.25, -0.2) is 0 Å². The first kappa shape index (κ1) is 56.9. The fourth-order valence-electron chi connectivity index (χ4n) is 7.57. The van der Waals surface area contributed by atoms with E-state index in [0.717, 1.165) is 44.9 Å². The molecule has 0 aromatic carbocycles. The maximum absolute atomic E-state index is 12.2. The summed E-state index contributed by atoms with van der Waals surface area (Å²) in [6.07, 6.45) is 65.4. The van der Waals surface area contributed by atoms with Gasteiger partial charge in [-0.3, -0.25) is 9.59 Å². The van der Waals surface area contributed by atoms with Gasteiger partial charge in [-0.1, -0.05) is 262 Å². The van der Waals surface area contributed by atoms with E-state index in [1.807, 2.05) is 12.2 Å². The molecule has 1 atom stereocenters. The molecule has 0 amide bonds. The quantitative estimate of drug-likeness (QED) is 0.0376. The second-order valence-corrected chi connectivity index (χ2v) is 17.2. The number of rotatable bonds is 47.